The highest BCUT2D eigenvalue weighted by Gasteiger charge is 2.67. The smallest absolute Gasteiger partial charge is 0.196 e. The summed E-state index contributed by atoms with van der Waals surface area (Å²) >= 11 is 0. The van der Waals surface area contributed by atoms with Crippen LogP contribution in [-0.4, -0.2) is 17.0 Å². The van der Waals surface area contributed by atoms with Gasteiger partial charge in [-0.2, -0.15) is 0 Å². The fourth-order valence-electron chi connectivity index (χ4n) is 8.96. The molecule has 164 valence electrons. The summed E-state index contributed by atoms with van der Waals surface area (Å²) in [6, 6.07) is 0. The second-order valence-corrected chi connectivity index (χ2v) is 12.6. The highest BCUT2D eigenvalue weighted by Crippen LogP contribution is 2.69. The number of rotatable bonds is 5. The number of hydrogen-bond acceptors (Lipinski definition) is 2. The molecule has 0 aromatic heterocycles. The maximum atomic E-state index is 10.5. The van der Waals surface area contributed by atoms with Crippen molar-refractivity contribution in [3.63, 3.8) is 0 Å². The molecule has 1 saturated heterocycles. The molecule has 0 aromatic rings. The van der Waals surface area contributed by atoms with Crippen LogP contribution < -0.4 is 0 Å². The molecule has 4 fully saturated rings. The molecule has 0 radical (unpaired) electrons. The van der Waals surface area contributed by atoms with Crippen molar-refractivity contribution in [2.45, 2.75) is 111 Å². The van der Waals surface area contributed by atoms with E-state index >= 15 is 0 Å². The van der Waals surface area contributed by atoms with Crippen molar-refractivity contribution >= 4 is 0 Å². The van der Waals surface area contributed by atoms with Crippen molar-refractivity contribution in [1.29, 1.82) is 0 Å². The third-order valence-electron chi connectivity index (χ3n) is 10.7. The van der Waals surface area contributed by atoms with E-state index in [2.05, 4.69) is 40.7 Å². The van der Waals surface area contributed by atoms with Crippen LogP contribution in [0.3, 0.4) is 0 Å². The van der Waals surface area contributed by atoms with Crippen molar-refractivity contribution in [3.8, 4) is 0 Å². The van der Waals surface area contributed by atoms with Crippen LogP contribution in [0.5, 0.6) is 0 Å². The normalized spacial score (nSPS) is 51.6. The van der Waals surface area contributed by atoms with Gasteiger partial charge in [-0.1, -0.05) is 65.5 Å². The van der Waals surface area contributed by atoms with Crippen LogP contribution in [0.4, 0.5) is 0 Å². The zero-order valence-corrected chi connectivity index (χ0v) is 19.5. The molecular formula is C27H44O2. The number of aliphatic hydroxyl groups is 1. The van der Waals surface area contributed by atoms with Crippen molar-refractivity contribution in [3.05, 3.63) is 11.6 Å². The van der Waals surface area contributed by atoms with Gasteiger partial charge in [-0.15, -0.1) is 0 Å². The van der Waals surface area contributed by atoms with E-state index in [9.17, 15) is 5.11 Å². The number of epoxide rings is 1. The Hall–Kier alpha value is -0.340. The Bertz CT molecular complexity index is 682. The summed E-state index contributed by atoms with van der Waals surface area (Å²) in [5.74, 6) is 4.44. The van der Waals surface area contributed by atoms with Crippen LogP contribution in [0.1, 0.15) is 98.8 Å². The van der Waals surface area contributed by atoms with Crippen molar-refractivity contribution in [1.82, 2.24) is 0 Å². The Balaban J connectivity index is 1.33. The Morgan fingerprint density at radius 3 is 2.66 bits per heavy atom. The second-order valence-electron chi connectivity index (χ2n) is 12.6. The average molecular weight is 401 g/mol. The minimum atomic E-state index is -0.800. The molecular weight excluding hydrogens is 356 g/mol. The fraction of sp³-hybridized carbons (Fsp3) is 0.926. The summed E-state index contributed by atoms with van der Waals surface area (Å²) in [6.45, 7) is 12.5. The number of hydrogen-bond donors (Lipinski definition) is 1. The van der Waals surface area contributed by atoms with Crippen LogP contribution >= 0.6 is 0 Å². The van der Waals surface area contributed by atoms with Gasteiger partial charge in [-0.05, 0) is 84.9 Å². The molecule has 0 aromatic carbocycles. The van der Waals surface area contributed by atoms with E-state index in [-0.39, 0.29) is 11.5 Å². The molecule has 2 heteroatoms. The van der Waals surface area contributed by atoms with Gasteiger partial charge in [0.1, 0.15) is 6.10 Å². The van der Waals surface area contributed by atoms with E-state index in [1.165, 1.54) is 56.9 Å². The number of fused-ring (bicyclic) bond motifs is 6. The van der Waals surface area contributed by atoms with Gasteiger partial charge in [0.2, 0.25) is 0 Å². The summed E-state index contributed by atoms with van der Waals surface area (Å²) < 4.78 is 5.73. The molecule has 4 aliphatic carbocycles. The van der Waals surface area contributed by atoms with Gasteiger partial charge in [0, 0.05) is 6.42 Å². The third kappa shape index (κ3) is 3.10. The first-order valence-electron chi connectivity index (χ1n) is 12.8. The molecule has 5 aliphatic rings. The van der Waals surface area contributed by atoms with Gasteiger partial charge in [0.25, 0.3) is 0 Å². The molecule has 3 saturated carbocycles. The summed E-state index contributed by atoms with van der Waals surface area (Å²) in [5, 5.41) is 10.5. The van der Waals surface area contributed by atoms with E-state index in [0.29, 0.717) is 5.41 Å². The van der Waals surface area contributed by atoms with Crippen LogP contribution in [0.15, 0.2) is 11.6 Å². The largest absolute Gasteiger partial charge is 0.363 e. The predicted molar refractivity (Wildman–Crippen MR) is 118 cm³/mol. The molecule has 5 rings (SSSR count). The van der Waals surface area contributed by atoms with Gasteiger partial charge >= 0.3 is 0 Å². The van der Waals surface area contributed by atoms with Gasteiger partial charge in [0.15, 0.2) is 5.79 Å². The van der Waals surface area contributed by atoms with Gasteiger partial charge in [-0.3, -0.25) is 0 Å². The molecule has 0 amide bonds. The molecule has 9 atom stereocenters. The Morgan fingerprint density at radius 1 is 1.10 bits per heavy atom. The van der Waals surface area contributed by atoms with E-state index < -0.39 is 5.79 Å². The predicted octanol–water partition coefficient (Wildman–Crippen LogP) is 6.73. The molecule has 29 heavy (non-hydrogen) atoms. The summed E-state index contributed by atoms with van der Waals surface area (Å²) in [6.07, 6.45) is 15.7. The maximum Gasteiger partial charge on any atom is 0.196 e. The van der Waals surface area contributed by atoms with Gasteiger partial charge < -0.3 is 9.84 Å². The van der Waals surface area contributed by atoms with E-state index in [4.69, 9.17) is 4.74 Å². The first-order chi connectivity index (χ1) is 13.7. The summed E-state index contributed by atoms with van der Waals surface area (Å²) in [7, 11) is 0. The maximum absolute atomic E-state index is 10.5. The topological polar surface area (TPSA) is 32.8 Å². The van der Waals surface area contributed by atoms with Gasteiger partial charge in [-0.25, -0.2) is 0 Å². The first kappa shape index (κ1) is 20.6. The average Bonchev–Trinajstić information content (AvgIpc) is 3.14. The Morgan fingerprint density at radius 2 is 1.90 bits per heavy atom. The highest BCUT2D eigenvalue weighted by atomic mass is 16.7. The molecule has 1 aliphatic heterocycles. The van der Waals surface area contributed by atoms with Crippen molar-refractivity contribution < 1.29 is 9.84 Å². The molecule has 2 nitrogen and oxygen atoms in total. The van der Waals surface area contributed by atoms with Crippen LogP contribution in [-0.2, 0) is 4.74 Å². The van der Waals surface area contributed by atoms with E-state index in [0.717, 1.165) is 48.3 Å². The monoisotopic (exact) mass is 400 g/mol. The van der Waals surface area contributed by atoms with Crippen LogP contribution in [0.2, 0.25) is 0 Å². The van der Waals surface area contributed by atoms with Crippen molar-refractivity contribution in [2.75, 3.05) is 0 Å². The summed E-state index contributed by atoms with van der Waals surface area (Å²) in [5.41, 5.74) is 2.36. The minimum absolute atomic E-state index is 0.106. The molecule has 0 bridgehead atoms. The van der Waals surface area contributed by atoms with Crippen LogP contribution in [0.25, 0.3) is 0 Å². The van der Waals surface area contributed by atoms with E-state index in [1.54, 1.807) is 0 Å². The zero-order valence-electron chi connectivity index (χ0n) is 19.5. The lowest BCUT2D eigenvalue weighted by Crippen LogP contribution is -2.51. The molecule has 1 heterocycles. The number of allylic oxidation sites excluding steroid dienone is 1. The Kier molecular flexibility index (Phi) is 4.84. The second kappa shape index (κ2) is 6.83. The zero-order chi connectivity index (χ0) is 20.6. The molecule has 1 N–H and O–H groups in total. The standard InChI is InChI=1S/C27H44O2/c1-17(2)7-6-8-18(3)21-11-12-22-20-10-9-19-15-27(28)24(29-27)16-26(19,5)23(20)13-14-25(21,22)4/h9,17-18,20-24,28H,6-8,10-16H2,1-5H3/t18-,20+,21-,22+,23+,24?,25-,26+,27?/m1/s1. The molecule has 2 unspecified atom stereocenters. The summed E-state index contributed by atoms with van der Waals surface area (Å²) in [4.78, 5) is 0. The first-order valence-corrected chi connectivity index (χ1v) is 12.8. The lowest BCUT2D eigenvalue weighted by Gasteiger charge is -2.57. The van der Waals surface area contributed by atoms with Gasteiger partial charge in [0.05, 0.1) is 0 Å². The van der Waals surface area contributed by atoms with Crippen molar-refractivity contribution in [2.24, 2.45) is 46.3 Å². The lowest BCUT2D eigenvalue weighted by atomic mass is 9.47. The minimum Gasteiger partial charge on any atom is -0.363 e. The molecule has 0 spiro atoms. The van der Waals surface area contributed by atoms with E-state index in [1.807, 2.05) is 0 Å². The lowest BCUT2D eigenvalue weighted by molar-refractivity contribution is -0.0558. The SMILES string of the molecule is CC(C)CCC[C@@H](C)[C@H]1CC[C@H]2[C@@H]3CC=C4CC5(O)OC5C[C@]4(C)[C@H]3CC[C@]12C. The Labute approximate surface area is 178 Å². The third-order valence-corrected chi connectivity index (χ3v) is 10.7. The fourth-order valence-corrected chi connectivity index (χ4v) is 8.96. The van der Waals surface area contributed by atoms with Crippen LogP contribution in [0, 0.1) is 46.3 Å². The number of ether oxygens (including phenoxy) is 1. The quantitative estimate of drug-likeness (QED) is 0.410. The highest BCUT2D eigenvalue weighted by molar-refractivity contribution is 5.30.